The van der Waals surface area contributed by atoms with E-state index in [1.165, 1.54) is 17.2 Å². The van der Waals surface area contributed by atoms with Gasteiger partial charge in [0.05, 0.1) is 0 Å². The molecule has 0 saturated heterocycles. The van der Waals surface area contributed by atoms with Gasteiger partial charge in [0.15, 0.2) is 11.4 Å². The van der Waals surface area contributed by atoms with Gasteiger partial charge in [0, 0.05) is 38.8 Å². The third-order valence-corrected chi connectivity index (χ3v) is 7.44. The summed E-state index contributed by atoms with van der Waals surface area (Å²) in [6, 6.07) is 18.0. The van der Waals surface area contributed by atoms with Gasteiger partial charge < -0.3 is 14.7 Å². The Balaban J connectivity index is 1.74. The maximum Gasteiger partial charge on any atom is 0.277 e. The van der Waals surface area contributed by atoms with Crippen molar-refractivity contribution in [2.75, 3.05) is 25.3 Å². The second kappa shape index (κ2) is 6.71. The summed E-state index contributed by atoms with van der Waals surface area (Å²) < 4.78 is 8.35. The Morgan fingerprint density at radius 1 is 0.970 bits per heavy atom. The van der Waals surface area contributed by atoms with Gasteiger partial charge in [0.2, 0.25) is 5.43 Å². The summed E-state index contributed by atoms with van der Waals surface area (Å²) in [5.41, 5.74) is 2.69. The summed E-state index contributed by atoms with van der Waals surface area (Å²) in [6.07, 6.45) is 3.04. The average Bonchev–Trinajstić information content (AvgIpc) is 3.24. The van der Waals surface area contributed by atoms with E-state index in [-0.39, 0.29) is 12.4 Å². The van der Waals surface area contributed by atoms with E-state index in [1.807, 2.05) is 31.2 Å². The van der Waals surface area contributed by atoms with E-state index < -0.39 is 28.2 Å². The minimum atomic E-state index is -0.749. The molecule has 0 atom stereocenters. The van der Waals surface area contributed by atoms with Crippen LogP contribution in [-0.4, -0.2) is 46.5 Å². The molecule has 1 N–H and O–H groups in total. The molecule has 0 spiro atoms. The lowest BCUT2D eigenvalue weighted by atomic mass is 9.78. The lowest BCUT2D eigenvalue weighted by molar-refractivity contribution is -0.0758. The van der Waals surface area contributed by atoms with Gasteiger partial charge in [-0.2, -0.15) is 0 Å². The van der Waals surface area contributed by atoms with E-state index in [0.29, 0.717) is 6.61 Å². The highest BCUT2D eigenvalue weighted by Gasteiger charge is 2.68. The standard InChI is InChI=1S/C26H25N3O4/c1-3-33-25-14-17-8-4-6-10-19(17)26(25,20-11-7-5-9-18(20)15-25)29-16-27(2)24(32)22-23(31)21(30)12-13-28(22)29/h4-13,31H,3,14-16H2,1-2H3. The first-order valence-electron chi connectivity index (χ1n) is 11.2. The highest BCUT2D eigenvalue weighted by Crippen LogP contribution is 2.60. The third-order valence-electron chi connectivity index (χ3n) is 7.44. The Morgan fingerprint density at radius 2 is 1.58 bits per heavy atom. The number of nitrogens with zero attached hydrogens (tertiary/aromatic N) is 3. The Hall–Kier alpha value is -3.58. The number of aromatic hydroxyl groups is 1. The topological polar surface area (TPSA) is 75.0 Å². The van der Waals surface area contributed by atoms with Crippen LogP contribution in [-0.2, 0) is 23.1 Å². The van der Waals surface area contributed by atoms with E-state index in [2.05, 4.69) is 29.3 Å². The fourth-order valence-electron chi connectivity index (χ4n) is 6.32. The van der Waals surface area contributed by atoms with E-state index in [9.17, 15) is 14.7 Å². The average molecular weight is 444 g/mol. The number of aromatic nitrogens is 1. The van der Waals surface area contributed by atoms with Crippen molar-refractivity contribution in [3.63, 3.8) is 0 Å². The first-order chi connectivity index (χ1) is 15.9. The summed E-state index contributed by atoms with van der Waals surface area (Å²) in [4.78, 5) is 26.9. The van der Waals surface area contributed by atoms with Crippen molar-refractivity contribution in [1.29, 1.82) is 0 Å². The van der Waals surface area contributed by atoms with Gasteiger partial charge >= 0.3 is 0 Å². The summed E-state index contributed by atoms with van der Waals surface area (Å²) in [6.45, 7) is 2.81. The number of pyridine rings is 1. The van der Waals surface area contributed by atoms with Crippen LogP contribution >= 0.6 is 0 Å². The quantitative estimate of drug-likeness (QED) is 0.673. The lowest BCUT2D eigenvalue weighted by Gasteiger charge is -2.53. The van der Waals surface area contributed by atoms with Crippen LogP contribution in [0.3, 0.4) is 0 Å². The van der Waals surface area contributed by atoms with Crippen LogP contribution in [0.25, 0.3) is 0 Å². The summed E-state index contributed by atoms with van der Waals surface area (Å²) in [5.74, 6) is -0.924. The van der Waals surface area contributed by atoms with Crippen LogP contribution in [0.2, 0.25) is 0 Å². The highest BCUT2D eigenvalue weighted by atomic mass is 16.5. The molecule has 1 amide bonds. The minimum absolute atomic E-state index is 0.0233. The Morgan fingerprint density at radius 3 is 2.18 bits per heavy atom. The van der Waals surface area contributed by atoms with Crippen molar-refractivity contribution in [1.82, 2.24) is 9.58 Å². The first-order valence-corrected chi connectivity index (χ1v) is 11.2. The zero-order valence-electron chi connectivity index (χ0n) is 18.6. The molecule has 1 aliphatic heterocycles. The molecule has 7 heteroatoms. The molecule has 2 aromatic carbocycles. The number of fused-ring (bicyclic) bond motifs is 6. The van der Waals surface area contributed by atoms with E-state index in [0.717, 1.165) is 24.0 Å². The first kappa shape index (κ1) is 20.1. The highest BCUT2D eigenvalue weighted by molar-refractivity contribution is 5.96. The number of hydrogen-bond donors (Lipinski definition) is 1. The molecule has 3 aromatic rings. The van der Waals surface area contributed by atoms with Crippen molar-refractivity contribution >= 4 is 5.91 Å². The van der Waals surface area contributed by atoms with Crippen LogP contribution in [0.5, 0.6) is 5.75 Å². The van der Waals surface area contributed by atoms with Crippen LogP contribution in [0.15, 0.2) is 65.6 Å². The SMILES string of the molecule is CCOC12Cc3ccccc3C1(N1CN(C)C(=O)c3c(O)c(=O)ccn31)c1ccccc1C2. The fourth-order valence-corrected chi connectivity index (χ4v) is 6.32. The van der Waals surface area contributed by atoms with Gasteiger partial charge in [-0.05, 0) is 29.2 Å². The molecular formula is C26H25N3O4. The molecular weight excluding hydrogens is 418 g/mol. The predicted molar refractivity (Wildman–Crippen MR) is 123 cm³/mol. The number of hydrogen-bond acceptors (Lipinski definition) is 5. The third kappa shape index (κ3) is 2.32. The predicted octanol–water partition coefficient (Wildman–Crippen LogP) is 2.37. The van der Waals surface area contributed by atoms with Gasteiger partial charge in [0.1, 0.15) is 17.8 Å². The van der Waals surface area contributed by atoms with E-state index in [1.54, 1.807) is 22.8 Å². The normalized spacial score (nSPS) is 25.0. The largest absolute Gasteiger partial charge is 0.502 e. The molecule has 1 aromatic heterocycles. The molecule has 0 saturated carbocycles. The van der Waals surface area contributed by atoms with Crippen molar-refractivity contribution in [3.8, 4) is 5.75 Å². The van der Waals surface area contributed by atoms with Crippen LogP contribution in [0.1, 0.15) is 39.7 Å². The molecule has 6 rings (SSSR count). The maximum absolute atomic E-state index is 13.1. The second-order valence-electron chi connectivity index (χ2n) is 9.07. The number of amides is 1. The fraction of sp³-hybridized carbons (Fsp3) is 0.308. The molecule has 0 radical (unpaired) electrons. The van der Waals surface area contributed by atoms with Gasteiger partial charge in [-0.1, -0.05) is 48.5 Å². The number of rotatable bonds is 3. The lowest BCUT2D eigenvalue weighted by Crippen LogP contribution is -2.68. The van der Waals surface area contributed by atoms with Crippen LogP contribution in [0.4, 0.5) is 0 Å². The Kier molecular flexibility index (Phi) is 4.08. The number of ether oxygens (including phenoxy) is 1. The number of carbonyl (C=O) groups is 1. The number of carbonyl (C=O) groups excluding carboxylic acids is 1. The maximum atomic E-state index is 13.1. The molecule has 3 aliphatic rings. The smallest absolute Gasteiger partial charge is 0.277 e. The molecule has 2 aliphatic carbocycles. The molecule has 0 unspecified atom stereocenters. The second-order valence-corrected chi connectivity index (χ2v) is 9.07. The van der Waals surface area contributed by atoms with Gasteiger partial charge in [-0.15, -0.1) is 0 Å². The zero-order valence-corrected chi connectivity index (χ0v) is 18.6. The molecule has 0 bridgehead atoms. The molecule has 2 heterocycles. The van der Waals surface area contributed by atoms with E-state index in [4.69, 9.17) is 4.74 Å². The number of benzene rings is 2. The Bertz CT molecular complexity index is 1310. The summed E-state index contributed by atoms with van der Waals surface area (Å²) in [7, 11) is 1.69. The molecule has 7 nitrogen and oxygen atoms in total. The summed E-state index contributed by atoms with van der Waals surface area (Å²) in [5, 5.41) is 12.7. The molecule has 33 heavy (non-hydrogen) atoms. The zero-order chi connectivity index (χ0) is 23.0. The van der Waals surface area contributed by atoms with Crippen molar-refractivity contribution in [2.45, 2.75) is 30.9 Å². The summed E-state index contributed by atoms with van der Waals surface area (Å²) >= 11 is 0. The van der Waals surface area contributed by atoms with Crippen molar-refractivity contribution in [3.05, 3.63) is 99.0 Å². The minimum Gasteiger partial charge on any atom is -0.502 e. The van der Waals surface area contributed by atoms with E-state index >= 15 is 0 Å². The van der Waals surface area contributed by atoms with Crippen molar-refractivity contribution in [2.24, 2.45) is 0 Å². The molecule has 0 fully saturated rings. The van der Waals surface area contributed by atoms with Crippen LogP contribution < -0.4 is 10.4 Å². The van der Waals surface area contributed by atoms with Crippen molar-refractivity contribution < 1.29 is 14.6 Å². The Labute approximate surface area is 191 Å². The molecule has 168 valence electrons. The van der Waals surface area contributed by atoms with Crippen LogP contribution in [0, 0.1) is 0 Å². The van der Waals surface area contributed by atoms with Gasteiger partial charge in [0.25, 0.3) is 5.91 Å². The van der Waals surface area contributed by atoms with Gasteiger partial charge in [-0.25, -0.2) is 0 Å². The van der Waals surface area contributed by atoms with Gasteiger partial charge in [-0.3, -0.25) is 19.3 Å². The monoisotopic (exact) mass is 443 g/mol.